The molecule has 1 N–H and O–H groups in total. The van der Waals surface area contributed by atoms with E-state index >= 15 is 0 Å². The Morgan fingerprint density at radius 2 is 1.90 bits per heavy atom. The minimum atomic E-state index is -0.459. The summed E-state index contributed by atoms with van der Waals surface area (Å²) in [6.07, 6.45) is 0. The second-order valence-electron chi connectivity index (χ2n) is 4.68. The van der Waals surface area contributed by atoms with Crippen LogP contribution in [0, 0.1) is 0 Å². The third-order valence-electron chi connectivity index (χ3n) is 3.59. The molecule has 3 rings (SSSR count). The molecule has 1 aromatic rings. The van der Waals surface area contributed by atoms with Crippen molar-refractivity contribution in [3.05, 3.63) is 22.7 Å². The molecule has 7 heteroatoms. The fourth-order valence-corrected chi connectivity index (χ4v) is 2.84. The Balaban J connectivity index is 0.00000147. The van der Waals surface area contributed by atoms with E-state index in [1.54, 1.807) is 12.1 Å². The fourth-order valence-electron chi connectivity index (χ4n) is 2.56. The van der Waals surface area contributed by atoms with Crippen LogP contribution in [-0.4, -0.2) is 44.5 Å². The molecule has 0 unspecified atom stereocenters. The number of fused-ring (bicyclic) bond motifs is 1. The van der Waals surface area contributed by atoms with Crippen LogP contribution in [0.4, 0.5) is 4.39 Å². The Bertz CT molecular complexity index is 470. The maximum Gasteiger partial charge on any atom is 0.231 e. The summed E-state index contributed by atoms with van der Waals surface area (Å²) in [5.74, 6) is 1.28. The molecule has 2 aliphatic rings. The summed E-state index contributed by atoms with van der Waals surface area (Å²) < 4.78 is 24.1. The van der Waals surface area contributed by atoms with Gasteiger partial charge in [0.05, 0.1) is 6.04 Å². The van der Waals surface area contributed by atoms with Crippen LogP contribution in [0.5, 0.6) is 11.5 Å². The highest BCUT2D eigenvalue weighted by Crippen LogP contribution is 2.40. The monoisotopic (exact) mass is 322 g/mol. The van der Waals surface area contributed by atoms with Gasteiger partial charge in [-0.3, -0.25) is 4.90 Å². The average molecular weight is 323 g/mol. The zero-order valence-electron chi connectivity index (χ0n) is 10.9. The smallest absolute Gasteiger partial charge is 0.231 e. The van der Waals surface area contributed by atoms with Gasteiger partial charge in [-0.1, -0.05) is 11.6 Å². The predicted octanol–water partition coefficient (Wildman–Crippen LogP) is 2.41. The van der Waals surface area contributed by atoms with Crippen molar-refractivity contribution in [2.24, 2.45) is 0 Å². The van der Waals surface area contributed by atoms with Crippen LogP contribution in [0.15, 0.2) is 12.1 Å². The predicted molar refractivity (Wildman–Crippen MR) is 78.0 cm³/mol. The van der Waals surface area contributed by atoms with Crippen molar-refractivity contribution in [1.82, 2.24) is 10.2 Å². The van der Waals surface area contributed by atoms with E-state index in [2.05, 4.69) is 10.2 Å². The first-order valence-corrected chi connectivity index (χ1v) is 6.77. The van der Waals surface area contributed by atoms with Crippen LogP contribution in [0.2, 0.25) is 5.02 Å². The van der Waals surface area contributed by atoms with Gasteiger partial charge in [0.2, 0.25) is 6.79 Å². The van der Waals surface area contributed by atoms with E-state index in [9.17, 15) is 4.39 Å². The third kappa shape index (κ3) is 2.96. The quantitative estimate of drug-likeness (QED) is 0.926. The van der Waals surface area contributed by atoms with Gasteiger partial charge in [0.15, 0.2) is 11.5 Å². The van der Waals surface area contributed by atoms with Gasteiger partial charge in [-0.15, -0.1) is 12.4 Å². The van der Waals surface area contributed by atoms with Crippen molar-refractivity contribution in [3.8, 4) is 11.5 Å². The second kappa shape index (κ2) is 6.80. The molecule has 0 amide bonds. The molecule has 20 heavy (non-hydrogen) atoms. The maximum absolute atomic E-state index is 13.5. The van der Waals surface area contributed by atoms with Crippen molar-refractivity contribution in [3.63, 3.8) is 0 Å². The van der Waals surface area contributed by atoms with Crippen molar-refractivity contribution >= 4 is 24.0 Å². The summed E-state index contributed by atoms with van der Waals surface area (Å²) in [7, 11) is 0. The zero-order chi connectivity index (χ0) is 13.2. The molecule has 2 aliphatic heterocycles. The number of hydrogen-bond donors (Lipinski definition) is 1. The van der Waals surface area contributed by atoms with Crippen molar-refractivity contribution in [1.29, 1.82) is 0 Å². The van der Waals surface area contributed by atoms with Gasteiger partial charge in [0, 0.05) is 37.3 Å². The third-order valence-corrected chi connectivity index (χ3v) is 3.92. The van der Waals surface area contributed by atoms with Gasteiger partial charge in [0.25, 0.3) is 0 Å². The number of alkyl halides is 1. The molecule has 0 aromatic heterocycles. The van der Waals surface area contributed by atoms with Gasteiger partial charge < -0.3 is 14.8 Å². The maximum atomic E-state index is 13.5. The number of nitrogens with zero attached hydrogens (tertiary/aromatic N) is 1. The first-order chi connectivity index (χ1) is 9.29. The highest BCUT2D eigenvalue weighted by molar-refractivity contribution is 6.31. The van der Waals surface area contributed by atoms with E-state index in [4.69, 9.17) is 21.1 Å². The average Bonchev–Trinajstić information content (AvgIpc) is 2.88. The van der Waals surface area contributed by atoms with Gasteiger partial charge in [-0.2, -0.15) is 0 Å². The Morgan fingerprint density at radius 3 is 2.55 bits per heavy atom. The lowest BCUT2D eigenvalue weighted by atomic mass is 10.0. The lowest BCUT2D eigenvalue weighted by Crippen LogP contribution is -2.45. The second-order valence-corrected chi connectivity index (χ2v) is 5.09. The lowest BCUT2D eigenvalue weighted by molar-refractivity contribution is 0.147. The Morgan fingerprint density at radius 1 is 1.25 bits per heavy atom. The number of ether oxygens (including phenoxy) is 2. The summed E-state index contributed by atoms with van der Waals surface area (Å²) in [6, 6.07) is 3.20. The zero-order valence-corrected chi connectivity index (χ0v) is 12.5. The van der Waals surface area contributed by atoms with Crippen molar-refractivity contribution < 1.29 is 13.9 Å². The molecule has 0 aliphatic carbocycles. The molecular formula is C13H17Cl2FN2O2. The molecule has 1 saturated heterocycles. The lowest BCUT2D eigenvalue weighted by Gasteiger charge is -2.34. The molecule has 0 radical (unpaired) electrons. The molecule has 4 nitrogen and oxygen atoms in total. The SMILES string of the molecule is Cl.FC[C@@H](c1cc2c(cc1Cl)OCO2)N1CCNCC1. The van der Waals surface area contributed by atoms with Crippen LogP contribution in [0.3, 0.4) is 0 Å². The van der Waals surface area contributed by atoms with E-state index in [0.29, 0.717) is 16.5 Å². The van der Waals surface area contributed by atoms with E-state index in [1.807, 2.05) is 0 Å². The molecule has 0 saturated carbocycles. The largest absolute Gasteiger partial charge is 0.454 e. The highest BCUT2D eigenvalue weighted by atomic mass is 35.5. The van der Waals surface area contributed by atoms with Gasteiger partial charge in [-0.25, -0.2) is 4.39 Å². The Hall–Kier alpha value is -0.750. The molecule has 0 bridgehead atoms. The van der Waals surface area contributed by atoms with Crippen molar-refractivity contribution in [2.75, 3.05) is 39.6 Å². The molecule has 1 atom stereocenters. The van der Waals surface area contributed by atoms with Gasteiger partial charge in [-0.05, 0) is 11.6 Å². The Labute approximate surface area is 128 Å². The first kappa shape index (κ1) is 15.6. The molecule has 1 aromatic carbocycles. The number of halogens is 3. The highest BCUT2D eigenvalue weighted by Gasteiger charge is 2.26. The number of nitrogens with one attached hydrogen (secondary N) is 1. The van der Waals surface area contributed by atoms with Crippen molar-refractivity contribution in [2.45, 2.75) is 6.04 Å². The van der Waals surface area contributed by atoms with Gasteiger partial charge in [0.1, 0.15) is 6.67 Å². The van der Waals surface area contributed by atoms with Crippen LogP contribution in [0.25, 0.3) is 0 Å². The normalized spacial score (nSPS) is 19.5. The number of benzene rings is 1. The standard InChI is InChI=1S/C13H16ClFN2O2.ClH/c14-10-6-13-12(18-8-19-13)5-9(10)11(7-15)17-3-1-16-2-4-17;/h5-6,11,16H,1-4,7-8H2;1H/t11-;/m0./s1. The summed E-state index contributed by atoms with van der Waals surface area (Å²) in [4.78, 5) is 2.11. The van der Waals surface area contributed by atoms with Crippen LogP contribution >= 0.6 is 24.0 Å². The van der Waals surface area contributed by atoms with Gasteiger partial charge >= 0.3 is 0 Å². The number of hydrogen-bond acceptors (Lipinski definition) is 4. The number of rotatable bonds is 3. The Kier molecular flexibility index (Phi) is 5.32. The molecular weight excluding hydrogens is 306 g/mol. The topological polar surface area (TPSA) is 33.7 Å². The van der Waals surface area contributed by atoms with E-state index < -0.39 is 6.67 Å². The molecule has 1 fully saturated rings. The summed E-state index contributed by atoms with van der Waals surface area (Å²) in [6.45, 7) is 3.12. The summed E-state index contributed by atoms with van der Waals surface area (Å²) in [5.41, 5.74) is 0.773. The van der Waals surface area contributed by atoms with E-state index in [-0.39, 0.29) is 25.2 Å². The van der Waals surface area contributed by atoms with E-state index in [1.165, 1.54) is 0 Å². The molecule has 112 valence electrons. The summed E-state index contributed by atoms with van der Waals surface area (Å²) >= 11 is 6.26. The van der Waals surface area contributed by atoms with E-state index in [0.717, 1.165) is 31.7 Å². The van der Waals surface area contributed by atoms with Crippen LogP contribution in [-0.2, 0) is 0 Å². The summed E-state index contributed by atoms with van der Waals surface area (Å²) in [5, 5.41) is 3.79. The minimum Gasteiger partial charge on any atom is -0.454 e. The fraction of sp³-hybridized carbons (Fsp3) is 0.538. The molecule has 2 heterocycles. The minimum absolute atomic E-state index is 0. The number of piperazine rings is 1. The van der Waals surface area contributed by atoms with Crippen LogP contribution in [0.1, 0.15) is 11.6 Å². The first-order valence-electron chi connectivity index (χ1n) is 6.39. The molecule has 0 spiro atoms. The van der Waals surface area contributed by atoms with Crippen LogP contribution < -0.4 is 14.8 Å².